The molecule has 0 radical (unpaired) electrons. The van der Waals surface area contributed by atoms with Crippen molar-refractivity contribution in [1.82, 2.24) is 5.32 Å². The number of anilines is 1. The van der Waals surface area contributed by atoms with Crippen molar-refractivity contribution in [2.45, 2.75) is 32.6 Å². The van der Waals surface area contributed by atoms with E-state index in [1.54, 1.807) is 24.3 Å². The first-order valence-electron chi connectivity index (χ1n) is 9.31. The number of nitrogens with zero attached hydrogens (tertiary/aromatic N) is 1. The van der Waals surface area contributed by atoms with E-state index in [0.29, 0.717) is 23.7 Å². The van der Waals surface area contributed by atoms with Crippen LogP contribution in [0.2, 0.25) is 5.02 Å². The summed E-state index contributed by atoms with van der Waals surface area (Å²) >= 11 is 5.96. The summed E-state index contributed by atoms with van der Waals surface area (Å²) in [5.74, 6) is -0.0659. The Morgan fingerprint density at radius 2 is 1.86 bits per heavy atom. The lowest BCUT2D eigenvalue weighted by Gasteiger charge is -2.22. The maximum absolute atomic E-state index is 12.1. The number of nitrogens with one attached hydrogen (secondary N) is 1. The summed E-state index contributed by atoms with van der Waals surface area (Å²) in [6.45, 7) is 2.90. The van der Waals surface area contributed by atoms with Gasteiger partial charge in [0.05, 0.1) is 11.9 Å². The fourth-order valence-corrected chi connectivity index (χ4v) is 4.12. The van der Waals surface area contributed by atoms with Crippen LogP contribution in [0.15, 0.2) is 48.5 Å². The monoisotopic (exact) mass is 422 g/mol. The molecule has 0 atom stereocenters. The van der Waals surface area contributed by atoms with Crippen molar-refractivity contribution in [1.29, 1.82) is 0 Å². The van der Waals surface area contributed by atoms with Crippen LogP contribution in [-0.2, 0) is 21.2 Å². The summed E-state index contributed by atoms with van der Waals surface area (Å²) in [5, 5.41) is 3.37. The van der Waals surface area contributed by atoms with Crippen LogP contribution in [-0.4, -0.2) is 33.7 Å². The van der Waals surface area contributed by atoms with Gasteiger partial charge in [0, 0.05) is 24.5 Å². The molecule has 0 aromatic heterocycles. The molecule has 2 rings (SSSR count). The first kappa shape index (κ1) is 22.2. The number of carbonyl (C=O) groups excluding carboxylic acids is 1. The molecule has 1 N–H and O–H groups in total. The minimum Gasteiger partial charge on any atom is -0.356 e. The van der Waals surface area contributed by atoms with Crippen molar-refractivity contribution < 1.29 is 13.2 Å². The number of amides is 1. The summed E-state index contributed by atoms with van der Waals surface area (Å²) in [6.07, 6.45) is 3.64. The average Bonchev–Trinajstić information content (AvgIpc) is 2.61. The van der Waals surface area contributed by atoms with Crippen LogP contribution < -0.4 is 9.62 Å². The molecule has 0 aliphatic heterocycles. The second-order valence-corrected chi connectivity index (χ2v) is 9.20. The highest BCUT2D eigenvalue weighted by atomic mass is 35.5. The summed E-state index contributed by atoms with van der Waals surface area (Å²) in [6, 6.07) is 15.0. The van der Waals surface area contributed by atoms with E-state index in [4.69, 9.17) is 11.6 Å². The molecule has 0 saturated carbocycles. The number of rotatable bonds is 10. The molecule has 152 valence electrons. The standard InChI is InChI=1S/C21H27ClN2O3S/c1-17-7-3-8-18(15-17)9-5-13-23-21(25)12-6-14-24(28(2,26)27)20-11-4-10-19(22)16-20/h3-4,7-8,10-11,15-16H,5-6,9,12-14H2,1-2H3,(H,23,25). The van der Waals surface area contributed by atoms with Gasteiger partial charge in [-0.1, -0.05) is 47.5 Å². The van der Waals surface area contributed by atoms with E-state index in [1.807, 2.05) is 6.07 Å². The quantitative estimate of drug-likeness (QED) is 0.589. The maximum Gasteiger partial charge on any atom is 0.232 e. The Labute approximate surface area is 172 Å². The van der Waals surface area contributed by atoms with Gasteiger partial charge in [0.25, 0.3) is 0 Å². The molecule has 28 heavy (non-hydrogen) atoms. The Bertz CT molecular complexity index is 900. The topological polar surface area (TPSA) is 66.5 Å². The van der Waals surface area contributed by atoms with Gasteiger partial charge in [-0.3, -0.25) is 9.10 Å². The maximum atomic E-state index is 12.1. The van der Waals surface area contributed by atoms with Gasteiger partial charge in [0.2, 0.25) is 15.9 Å². The van der Waals surface area contributed by atoms with Crippen molar-refractivity contribution in [2.75, 3.05) is 23.7 Å². The molecule has 0 spiro atoms. The zero-order chi connectivity index (χ0) is 20.6. The molecule has 2 aromatic carbocycles. The highest BCUT2D eigenvalue weighted by Crippen LogP contribution is 2.22. The zero-order valence-corrected chi connectivity index (χ0v) is 17.9. The molecule has 0 aliphatic carbocycles. The lowest BCUT2D eigenvalue weighted by molar-refractivity contribution is -0.121. The zero-order valence-electron chi connectivity index (χ0n) is 16.3. The Morgan fingerprint density at radius 3 is 2.54 bits per heavy atom. The summed E-state index contributed by atoms with van der Waals surface area (Å²) in [5.41, 5.74) is 3.00. The molecule has 2 aromatic rings. The highest BCUT2D eigenvalue weighted by molar-refractivity contribution is 7.92. The number of aryl methyl sites for hydroxylation is 2. The smallest absolute Gasteiger partial charge is 0.232 e. The molecule has 5 nitrogen and oxygen atoms in total. The Balaban J connectivity index is 1.75. The van der Waals surface area contributed by atoms with E-state index in [1.165, 1.54) is 15.4 Å². The van der Waals surface area contributed by atoms with Crippen molar-refractivity contribution in [3.8, 4) is 0 Å². The number of benzene rings is 2. The first-order valence-corrected chi connectivity index (χ1v) is 11.5. The van der Waals surface area contributed by atoms with E-state index in [2.05, 4.69) is 30.4 Å². The molecule has 0 bridgehead atoms. The largest absolute Gasteiger partial charge is 0.356 e. The fourth-order valence-electron chi connectivity index (χ4n) is 2.98. The second-order valence-electron chi connectivity index (χ2n) is 6.86. The van der Waals surface area contributed by atoms with Crippen LogP contribution in [0, 0.1) is 6.92 Å². The molecular weight excluding hydrogens is 396 g/mol. The lowest BCUT2D eigenvalue weighted by atomic mass is 10.1. The lowest BCUT2D eigenvalue weighted by Crippen LogP contribution is -2.32. The van der Waals surface area contributed by atoms with E-state index < -0.39 is 10.0 Å². The summed E-state index contributed by atoms with van der Waals surface area (Å²) < 4.78 is 25.4. The van der Waals surface area contributed by atoms with Crippen LogP contribution in [0.4, 0.5) is 5.69 Å². The molecule has 7 heteroatoms. The predicted molar refractivity (Wildman–Crippen MR) is 115 cm³/mol. The van der Waals surface area contributed by atoms with Gasteiger partial charge < -0.3 is 5.32 Å². The van der Waals surface area contributed by atoms with E-state index in [-0.39, 0.29) is 18.9 Å². The van der Waals surface area contributed by atoms with Crippen molar-refractivity contribution in [3.05, 3.63) is 64.7 Å². The Kier molecular flexibility index (Phi) is 8.33. The number of hydrogen-bond acceptors (Lipinski definition) is 3. The third-order valence-corrected chi connectivity index (χ3v) is 5.74. The predicted octanol–water partition coefficient (Wildman–Crippen LogP) is 3.94. The Hall–Kier alpha value is -2.05. The molecule has 0 heterocycles. The van der Waals surface area contributed by atoms with E-state index in [9.17, 15) is 13.2 Å². The van der Waals surface area contributed by atoms with Gasteiger partial charge >= 0.3 is 0 Å². The van der Waals surface area contributed by atoms with Crippen molar-refractivity contribution in [2.24, 2.45) is 0 Å². The molecule has 1 amide bonds. The fraction of sp³-hybridized carbons (Fsp3) is 0.381. The minimum atomic E-state index is -3.44. The van der Waals surface area contributed by atoms with Gasteiger partial charge in [-0.15, -0.1) is 0 Å². The third kappa shape index (κ3) is 7.52. The number of halogens is 1. The van der Waals surface area contributed by atoms with Gasteiger partial charge in [-0.05, 0) is 49.9 Å². The minimum absolute atomic E-state index is 0.0659. The van der Waals surface area contributed by atoms with Crippen molar-refractivity contribution in [3.63, 3.8) is 0 Å². The van der Waals surface area contributed by atoms with Crippen molar-refractivity contribution >= 4 is 33.2 Å². The molecular formula is C21H27ClN2O3S. The van der Waals surface area contributed by atoms with E-state index >= 15 is 0 Å². The van der Waals surface area contributed by atoms with Crippen LogP contribution in [0.3, 0.4) is 0 Å². The number of hydrogen-bond donors (Lipinski definition) is 1. The van der Waals surface area contributed by atoms with Crippen LogP contribution in [0.1, 0.15) is 30.4 Å². The van der Waals surface area contributed by atoms with Crippen LogP contribution in [0.25, 0.3) is 0 Å². The second kappa shape index (κ2) is 10.5. The summed E-state index contributed by atoms with van der Waals surface area (Å²) in [4.78, 5) is 12.0. The van der Waals surface area contributed by atoms with Gasteiger partial charge in [0.15, 0.2) is 0 Å². The molecule has 0 aliphatic rings. The number of sulfonamides is 1. The first-order chi connectivity index (χ1) is 13.3. The van der Waals surface area contributed by atoms with Gasteiger partial charge in [-0.25, -0.2) is 8.42 Å². The normalized spacial score (nSPS) is 11.2. The molecule has 0 fully saturated rings. The van der Waals surface area contributed by atoms with Crippen LogP contribution in [0.5, 0.6) is 0 Å². The molecule has 0 unspecified atom stereocenters. The SMILES string of the molecule is Cc1cccc(CCCNC(=O)CCCN(c2cccc(Cl)c2)S(C)(=O)=O)c1. The molecule has 0 saturated heterocycles. The highest BCUT2D eigenvalue weighted by Gasteiger charge is 2.17. The van der Waals surface area contributed by atoms with Crippen LogP contribution >= 0.6 is 11.6 Å². The van der Waals surface area contributed by atoms with E-state index in [0.717, 1.165) is 19.1 Å². The number of carbonyl (C=O) groups is 1. The average molecular weight is 423 g/mol. The van der Waals surface area contributed by atoms with Gasteiger partial charge in [-0.2, -0.15) is 0 Å². The third-order valence-electron chi connectivity index (χ3n) is 4.31. The Morgan fingerprint density at radius 1 is 1.11 bits per heavy atom. The van der Waals surface area contributed by atoms with Gasteiger partial charge in [0.1, 0.15) is 0 Å². The summed E-state index contributed by atoms with van der Waals surface area (Å²) in [7, 11) is -3.44.